The molecule has 2 aromatic heterocycles. The average molecular weight is 254 g/mol. The van der Waals surface area contributed by atoms with E-state index in [4.69, 9.17) is 0 Å². The Hall–Kier alpha value is -0.0913. The molecule has 0 fully saturated rings. The standard InChI is InChI=1S/C7H5NS.Sn/c1-2-7-6(8-4-1)3-5-9-7;/h1-5H;. The van der Waals surface area contributed by atoms with E-state index in [0.717, 1.165) is 5.52 Å². The first kappa shape index (κ1) is 8.01. The third-order valence-corrected chi connectivity index (χ3v) is 2.09. The first-order valence-electron chi connectivity index (χ1n) is 2.75. The Kier molecular flexibility index (Phi) is 2.68. The fraction of sp³-hybridized carbons (Fsp3) is 0. The Morgan fingerprint density at radius 1 is 1.30 bits per heavy atom. The molecule has 0 bridgehead atoms. The number of rotatable bonds is 0. The zero-order chi connectivity index (χ0) is 6.10. The molecule has 0 aliphatic heterocycles. The van der Waals surface area contributed by atoms with Crippen LogP contribution in [0, 0.1) is 0 Å². The quantitative estimate of drug-likeness (QED) is 0.654. The summed E-state index contributed by atoms with van der Waals surface area (Å²) in [6, 6.07) is 6.06. The molecule has 2 rings (SSSR count). The van der Waals surface area contributed by atoms with Crippen molar-refractivity contribution >= 4 is 45.5 Å². The molecule has 1 nitrogen and oxygen atoms in total. The summed E-state index contributed by atoms with van der Waals surface area (Å²) in [7, 11) is 0. The number of hydrogen-bond acceptors (Lipinski definition) is 2. The number of nitrogens with zero attached hydrogens (tertiary/aromatic N) is 1. The summed E-state index contributed by atoms with van der Waals surface area (Å²) in [5.41, 5.74) is 1.10. The zero-order valence-electron chi connectivity index (χ0n) is 5.24. The summed E-state index contributed by atoms with van der Waals surface area (Å²) >= 11 is 1.72. The number of hydrogen-bond donors (Lipinski definition) is 0. The van der Waals surface area contributed by atoms with Gasteiger partial charge in [0.15, 0.2) is 0 Å². The van der Waals surface area contributed by atoms with E-state index in [-0.39, 0.29) is 23.9 Å². The van der Waals surface area contributed by atoms with E-state index in [0.29, 0.717) is 0 Å². The number of aromatic nitrogens is 1. The molecule has 0 aromatic carbocycles. The first-order chi connectivity index (χ1) is 4.47. The Morgan fingerprint density at radius 3 is 3.00 bits per heavy atom. The second-order valence-electron chi connectivity index (χ2n) is 1.81. The van der Waals surface area contributed by atoms with Gasteiger partial charge in [-0.1, -0.05) is 0 Å². The van der Waals surface area contributed by atoms with Crippen molar-refractivity contribution in [2.24, 2.45) is 0 Å². The van der Waals surface area contributed by atoms with Gasteiger partial charge < -0.3 is 0 Å². The minimum atomic E-state index is 0. The maximum atomic E-state index is 4.15. The summed E-state index contributed by atoms with van der Waals surface area (Å²) < 4.78 is 1.26. The van der Waals surface area contributed by atoms with Crippen LogP contribution < -0.4 is 0 Å². The van der Waals surface area contributed by atoms with E-state index >= 15 is 0 Å². The van der Waals surface area contributed by atoms with Crippen LogP contribution in [0.5, 0.6) is 0 Å². The molecule has 4 radical (unpaired) electrons. The Balaban J connectivity index is 0.000000500. The molecule has 2 heterocycles. The fourth-order valence-corrected chi connectivity index (χ4v) is 1.54. The second kappa shape index (κ2) is 3.34. The molecule has 0 spiro atoms. The van der Waals surface area contributed by atoms with Gasteiger partial charge in [-0.3, -0.25) is 4.98 Å². The average Bonchev–Trinajstić information content (AvgIpc) is 2.33. The number of thiophene rings is 1. The van der Waals surface area contributed by atoms with Gasteiger partial charge in [0.25, 0.3) is 0 Å². The smallest absolute Gasteiger partial charge is 0.0809 e. The Morgan fingerprint density at radius 2 is 2.20 bits per heavy atom. The summed E-state index contributed by atoms with van der Waals surface area (Å²) in [4.78, 5) is 4.15. The van der Waals surface area contributed by atoms with Gasteiger partial charge in [0.1, 0.15) is 0 Å². The predicted octanol–water partition coefficient (Wildman–Crippen LogP) is 1.92. The number of pyridine rings is 1. The minimum Gasteiger partial charge on any atom is -0.255 e. The molecule has 3 heteroatoms. The molecule has 2 aromatic rings. The van der Waals surface area contributed by atoms with Crippen LogP contribution in [0.3, 0.4) is 0 Å². The van der Waals surface area contributed by atoms with E-state index in [1.165, 1.54) is 4.70 Å². The summed E-state index contributed by atoms with van der Waals surface area (Å²) in [6.07, 6.45) is 1.81. The summed E-state index contributed by atoms with van der Waals surface area (Å²) in [6.45, 7) is 0. The van der Waals surface area contributed by atoms with E-state index in [2.05, 4.69) is 16.4 Å². The zero-order valence-corrected chi connectivity index (χ0v) is 8.91. The molecule has 10 heavy (non-hydrogen) atoms. The van der Waals surface area contributed by atoms with Gasteiger partial charge in [0.05, 0.1) is 10.2 Å². The SMILES string of the molecule is [Sn].c1cnc2ccsc2c1. The van der Waals surface area contributed by atoms with Gasteiger partial charge in [0.2, 0.25) is 0 Å². The molecule has 0 atom stereocenters. The molecule has 0 saturated carbocycles. The molecule has 48 valence electrons. The summed E-state index contributed by atoms with van der Waals surface area (Å²) in [5.74, 6) is 0. The topological polar surface area (TPSA) is 12.9 Å². The molecular formula is C7H5NSSn. The van der Waals surface area contributed by atoms with Gasteiger partial charge in [0, 0.05) is 30.1 Å². The predicted molar refractivity (Wildman–Crippen MR) is 45.4 cm³/mol. The normalized spacial score (nSPS) is 9.20. The first-order valence-corrected chi connectivity index (χ1v) is 3.63. The molecule has 0 saturated heterocycles. The van der Waals surface area contributed by atoms with Crippen molar-refractivity contribution in [2.45, 2.75) is 0 Å². The third-order valence-electron chi connectivity index (χ3n) is 1.22. The van der Waals surface area contributed by atoms with Crippen LogP contribution in [0.4, 0.5) is 0 Å². The monoisotopic (exact) mass is 255 g/mol. The van der Waals surface area contributed by atoms with Gasteiger partial charge in [-0.2, -0.15) is 0 Å². The maximum absolute atomic E-state index is 4.15. The van der Waals surface area contributed by atoms with Gasteiger partial charge in [-0.15, -0.1) is 11.3 Å². The van der Waals surface area contributed by atoms with Crippen molar-refractivity contribution < 1.29 is 0 Å². The molecule has 0 N–H and O–H groups in total. The van der Waals surface area contributed by atoms with Gasteiger partial charge in [-0.05, 0) is 23.6 Å². The molecule has 0 unspecified atom stereocenters. The van der Waals surface area contributed by atoms with Crippen LogP contribution in [-0.4, -0.2) is 28.9 Å². The van der Waals surface area contributed by atoms with Crippen LogP contribution in [0.15, 0.2) is 29.8 Å². The number of fused-ring (bicyclic) bond motifs is 1. The van der Waals surface area contributed by atoms with Crippen molar-refractivity contribution in [1.29, 1.82) is 0 Å². The van der Waals surface area contributed by atoms with Crippen LogP contribution in [0.1, 0.15) is 0 Å². The van der Waals surface area contributed by atoms with Crippen LogP contribution in [0.2, 0.25) is 0 Å². The van der Waals surface area contributed by atoms with Gasteiger partial charge >= 0.3 is 0 Å². The fourth-order valence-electron chi connectivity index (χ4n) is 0.799. The molecular weight excluding hydrogens is 249 g/mol. The molecule has 0 aliphatic carbocycles. The van der Waals surface area contributed by atoms with Crippen LogP contribution in [-0.2, 0) is 0 Å². The molecule has 0 aliphatic rings. The van der Waals surface area contributed by atoms with Crippen molar-refractivity contribution in [3.63, 3.8) is 0 Å². The van der Waals surface area contributed by atoms with Crippen molar-refractivity contribution in [2.75, 3.05) is 0 Å². The second-order valence-corrected chi connectivity index (χ2v) is 2.76. The third kappa shape index (κ3) is 1.32. The molecule has 0 amide bonds. The Bertz CT molecular complexity index is 288. The van der Waals surface area contributed by atoms with Crippen LogP contribution in [0.25, 0.3) is 10.2 Å². The van der Waals surface area contributed by atoms with E-state index in [9.17, 15) is 0 Å². The van der Waals surface area contributed by atoms with Crippen molar-refractivity contribution in [3.8, 4) is 0 Å². The maximum Gasteiger partial charge on any atom is 0.0809 e. The Labute approximate surface area is 80.1 Å². The van der Waals surface area contributed by atoms with E-state index in [1.54, 1.807) is 11.3 Å². The van der Waals surface area contributed by atoms with Crippen LogP contribution >= 0.6 is 11.3 Å². The van der Waals surface area contributed by atoms with Gasteiger partial charge in [-0.25, -0.2) is 0 Å². The minimum absolute atomic E-state index is 0. The van der Waals surface area contributed by atoms with E-state index < -0.39 is 0 Å². The largest absolute Gasteiger partial charge is 0.255 e. The summed E-state index contributed by atoms with van der Waals surface area (Å²) in [5, 5.41) is 2.05. The van der Waals surface area contributed by atoms with Crippen molar-refractivity contribution in [1.82, 2.24) is 4.98 Å². The van der Waals surface area contributed by atoms with E-state index in [1.807, 2.05) is 18.3 Å². The van der Waals surface area contributed by atoms with Crippen molar-refractivity contribution in [3.05, 3.63) is 29.8 Å².